The van der Waals surface area contributed by atoms with Gasteiger partial charge in [-0.3, -0.25) is 14.2 Å². The number of methoxy groups -OCH3 is 4. The van der Waals surface area contributed by atoms with Crippen LogP contribution >= 0.6 is 8.46 Å². The Balaban J connectivity index is 2.80. The summed E-state index contributed by atoms with van der Waals surface area (Å²) in [6, 6.07) is 10.0. The molecule has 0 saturated heterocycles. The molecule has 0 saturated carbocycles. The second kappa shape index (κ2) is 11.8. The zero-order valence-corrected chi connectivity index (χ0v) is 21.5. The predicted octanol–water partition coefficient (Wildman–Crippen LogP) is 6.01. The number of benzene rings is 2. The molecule has 0 N–H and O–H groups in total. The highest BCUT2D eigenvalue weighted by atomic mass is 31.1. The van der Waals surface area contributed by atoms with Crippen LogP contribution < -0.4 is 18.9 Å². The van der Waals surface area contributed by atoms with E-state index < -0.39 is 22.9 Å². The van der Waals surface area contributed by atoms with Crippen LogP contribution in [0.25, 0.3) is 0 Å². The lowest BCUT2D eigenvalue weighted by Gasteiger charge is -2.34. The van der Waals surface area contributed by atoms with Crippen LogP contribution in [0.4, 0.5) is 0 Å². The van der Waals surface area contributed by atoms with Gasteiger partial charge in [0.05, 0.1) is 34.4 Å². The number of Topliss-reactive ketones (excluding diaryl/α,β-unsaturated/α-hetero) is 2. The van der Waals surface area contributed by atoms with E-state index in [9.17, 15) is 14.2 Å². The number of allylic oxidation sites excluding steroid dienone is 1. The van der Waals surface area contributed by atoms with Gasteiger partial charge in [0, 0.05) is 5.82 Å². The molecular formula is C26H31O7P. The van der Waals surface area contributed by atoms with Gasteiger partial charge in [-0.05, 0) is 43.0 Å². The Bertz CT molecular complexity index is 977. The molecular weight excluding hydrogens is 455 g/mol. The van der Waals surface area contributed by atoms with Gasteiger partial charge < -0.3 is 18.9 Å². The maximum Gasteiger partial charge on any atom is 0.184 e. The molecule has 182 valence electrons. The Morgan fingerprint density at radius 1 is 0.824 bits per heavy atom. The van der Waals surface area contributed by atoms with Crippen LogP contribution in [0.15, 0.2) is 47.8 Å². The minimum absolute atomic E-state index is 0.142. The van der Waals surface area contributed by atoms with Crippen molar-refractivity contribution in [2.24, 2.45) is 11.3 Å². The van der Waals surface area contributed by atoms with Gasteiger partial charge in [0.15, 0.2) is 20.0 Å². The van der Waals surface area contributed by atoms with Crippen LogP contribution in [0, 0.1) is 11.3 Å². The summed E-state index contributed by atoms with van der Waals surface area (Å²) < 4.78 is 32.9. The molecule has 7 nitrogen and oxygen atoms in total. The van der Waals surface area contributed by atoms with E-state index >= 15 is 0 Å². The van der Waals surface area contributed by atoms with E-state index in [0.717, 1.165) is 5.57 Å². The zero-order chi connectivity index (χ0) is 25.5. The van der Waals surface area contributed by atoms with Crippen molar-refractivity contribution in [3.63, 3.8) is 0 Å². The maximum atomic E-state index is 14.2. The number of hydrogen-bond acceptors (Lipinski definition) is 7. The largest absolute Gasteiger partial charge is 0.496 e. The molecule has 0 amide bonds. The first kappa shape index (κ1) is 27.1. The van der Waals surface area contributed by atoms with Crippen molar-refractivity contribution in [1.82, 2.24) is 0 Å². The first-order valence-electron chi connectivity index (χ1n) is 10.6. The molecule has 0 aromatic heterocycles. The minimum atomic E-state index is -1.16. The first-order valence-corrected chi connectivity index (χ1v) is 11.5. The number of ether oxygens (including phenoxy) is 4. The summed E-state index contributed by atoms with van der Waals surface area (Å²) in [4.78, 5) is 28.3. The maximum absolute atomic E-state index is 14.2. The van der Waals surface area contributed by atoms with Crippen LogP contribution in [0.1, 0.15) is 47.9 Å². The molecule has 0 radical (unpaired) electrons. The topological polar surface area (TPSA) is 88.1 Å². The van der Waals surface area contributed by atoms with Crippen molar-refractivity contribution in [3.8, 4) is 23.0 Å². The lowest BCUT2D eigenvalue weighted by molar-refractivity contribution is 0.0665. The highest BCUT2D eigenvalue weighted by Gasteiger charge is 2.44. The van der Waals surface area contributed by atoms with E-state index in [1.165, 1.54) is 34.3 Å². The average Bonchev–Trinajstić information content (AvgIpc) is 2.82. The Morgan fingerprint density at radius 3 is 1.47 bits per heavy atom. The third kappa shape index (κ3) is 5.65. The number of hydrogen-bond donors (Lipinski definition) is 0. The van der Waals surface area contributed by atoms with Crippen molar-refractivity contribution >= 4 is 20.0 Å². The van der Waals surface area contributed by atoms with Gasteiger partial charge in [-0.2, -0.15) is 0 Å². The highest BCUT2D eigenvalue weighted by Crippen LogP contribution is 2.44. The van der Waals surface area contributed by atoms with E-state index in [2.05, 4.69) is 0 Å². The molecule has 8 heteroatoms. The third-order valence-corrected chi connectivity index (χ3v) is 6.21. The molecule has 0 heterocycles. The van der Waals surface area contributed by atoms with Crippen molar-refractivity contribution in [1.29, 1.82) is 0 Å². The van der Waals surface area contributed by atoms with Crippen molar-refractivity contribution in [2.75, 3.05) is 28.4 Å². The first-order chi connectivity index (χ1) is 16.2. The van der Waals surface area contributed by atoms with Gasteiger partial charge in [0.2, 0.25) is 0 Å². The fourth-order valence-electron chi connectivity index (χ4n) is 4.26. The summed E-state index contributed by atoms with van der Waals surface area (Å²) in [5.74, 6) is 0.668. The molecule has 34 heavy (non-hydrogen) atoms. The molecule has 0 unspecified atom stereocenters. The van der Waals surface area contributed by atoms with Gasteiger partial charge in [0.1, 0.15) is 34.1 Å². The Kier molecular flexibility index (Phi) is 9.39. The zero-order valence-electron chi connectivity index (χ0n) is 20.6. The lowest BCUT2D eigenvalue weighted by atomic mass is 9.68. The molecule has 2 aromatic rings. The average molecular weight is 487 g/mol. The monoisotopic (exact) mass is 486 g/mol. The summed E-state index contributed by atoms with van der Waals surface area (Å²) in [5.41, 5.74) is 0.260. The Labute approximate surface area is 202 Å². The highest BCUT2D eigenvalue weighted by molar-refractivity contribution is 7.27. The number of ketones is 2. The van der Waals surface area contributed by atoms with Gasteiger partial charge in [-0.15, -0.1) is 0 Å². The van der Waals surface area contributed by atoms with E-state index in [1.807, 2.05) is 20.8 Å². The molecule has 2 aromatic carbocycles. The summed E-state index contributed by atoms with van der Waals surface area (Å²) in [7, 11) is 5.68. The van der Waals surface area contributed by atoms with Crippen LogP contribution in [0.2, 0.25) is 0 Å². The van der Waals surface area contributed by atoms with Gasteiger partial charge in [0.25, 0.3) is 0 Å². The second-order valence-corrected chi connectivity index (χ2v) is 8.95. The Hall–Kier alpha value is -3.18. The molecule has 0 aliphatic carbocycles. The van der Waals surface area contributed by atoms with Crippen LogP contribution in [0.5, 0.6) is 23.0 Å². The standard InChI is InChI=1S/C26H31O7P/c1-16(15-34-29)14-26(2,3)23(24(27)21-17(30-4)10-8-11-18(21)31-5)25(28)22-19(32-6)12-9-13-20(22)33-7/h8-13,15,23H,14H2,1-7H3. The quantitative estimate of drug-likeness (QED) is 0.206. The molecule has 0 atom stereocenters. The van der Waals surface area contributed by atoms with E-state index in [0.29, 0.717) is 29.4 Å². The van der Waals surface area contributed by atoms with Gasteiger partial charge in [-0.1, -0.05) is 31.6 Å². The van der Waals surface area contributed by atoms with Gasteiger partial charge in [-0.25, -0.2) is 0 Å². The molecule has 0 aliphatic rings. The lowest BCUT2D eigenvalue weighted by Crippen LogP contribution is -2.38. The minimum Gasteiger partial charge on any atom is -0.496 e. The van der Waals surface area contributed by atoms with Crippen LogP contribution in [-0.4, -0.2) is 40.0 Å². The molecule has 0 fully saturated rings. The second-order valence-electron chi connectivity index (χ2n) is 8.48. The van der Waals surface area contributed by atoms with Crippen molar-refractivity contribution in [3.05, 3.63) is 58.9 Å². The van der Waals surface area contributed by atoms with E-state index in [4.69, 9.17) is 18.9 Å². The Morgan fingerprint density at radius 2 is 1.18 bits per heavy atom. The van der Waals surface area contributed by atoms with Crippen molar-refractivity contribution < 1.29 is 33.1 Å². The summed E-state index contributed by atoms with van der Waals surface area (Å²) in [6.45, 7) is 5.47. The number of carbonyl (C=O) groups is 2. The van der Waals surface area contributed by atoms with E-state index in [-0.39, 0.29) is 19.6 Å². The number of rotatable bonds is 12. The molecule has 0 spiro atoms. The van der Waals surface area contributed by atoms with E-state index in [1.54, 1.807) is 36.4 Å². The van der Waals surface area contributed by atoms with Crippen LogP contribution in [-0.2, 0) is 4.57 Å². The summed E-state index contributed by atoms with van der Waals surface area (Å²) >= 11 is 0. The number of carbonyl (C=O) groups excluding carboxylic acids is 2. The fourth-order valence-corrected chi connectivity index (χ4v) is 4.53. The molecule has 0 bridgehead atoms. The third-order valence-electron chi connectivity index (χ3n) is 5.66. The fraction of sp³-hybridized carbons (Fsp3) is 0.385. The van der Waals surface area contributed by atoms with Gasteiger partial charge >= 0.3 is 0 Å². The molecule has 2 rings (SSSR count). The predicted molar refractivity (Wildman–Crippen MR) is 131 cm³/mol. The normalized spacial score (nSPS) is 11.9. The SMILES string of the molecule is COc1cccc(OC)c1C(=O)C(C(=O)c1c(OC)cccc1OC)C(C)(C)CC(C)=CP=O. The smallest absolute Gasteiger partial charge is 0.184 e. The van der Waals surface area contributed by atoms with Crippen molar-refractivity contribution in [2.45, 2.75) is 27.2 Å². The molecule has 0 aliphatic heterocycles. The summed E-state index contributed by atoms with van der Waals surface area (Å²) in [5, 5.41) is 0. The van der Waals surface area contributed by atoms with Crippen LogP contribution in [0.3, 0.4) is 0 Å². The summed E-state index contributed by atoms with van der Waals surface area (Å²) in [6.07, 6.45) is 0.347.